The Bertz CT molecular complexity index is 522. The molecule has 110 valence electrons. The van der Waals surface area contributed by atoms with Gasteiger partial charge in [-0.25, -0.2) is 8.42 Å². The Morgan fingerprint density at radius 1 is 1.37 bits per heavy atom. The Balaban J connectivity index is 2.58. The second-order valence-corrected chi connectivity index (χ2v) is 7.35. The molecule has 1 aromatic rings. The van der Waals surface area contributed by atoms with Crippen LogP contribution in [0.15, 0.2) is 0 Å². The Kier molecular flexibility index (Phi) is 5.51. The van der Waals surface area contributed by atoms with Gasteiger partial charge in [-0.05, 0) is 38.7 Å². The van der Waals surface area contributed by atoms with E-state index >= 15 is 0 Å². The van der Waals surface area contributed by atoms with E-state index < -0.39 is 9.84 Å². The average Bonchev–Trinajstić information content (AvgIpc) is 2.53. The van der Waals surface area contributed by atoms with E-state index in [1.807, 2.05) is 25.6 Å². The summed E-state index contributed by atoms with van der Waals surface area (Å²) in [5.41, 5.74) is 6.10. The lowest BCUT2D eigenvalue weighted by Crippen LogP contribution is -2.36. The summed E-state index contributed by atoms with van der Waals surface area (Å²) in [7, 11) is -1.01. The number of hydrogen-bond acceptors (Lipinski definition) is 5. The Hall–Kier alpha value is -0.920. The van der Waals surface area contributed by atoms with Crippen LogP contribution in [-0.2, 0) is 23.3 Å². The van der Waals surface area contributed by atoms with Crippen LogP contribution >= 0.6 is 0 Å². The molecule has 1 atom stereocenters. The van der Waals surface area contributed by atoms with Crippen molar-refractivity contribution >= 4 is 9.84 Å². The lowest BCUT2D eigenvalue weighted by Gasteiger charge is -2.15. The quantitative estimate of drug-likeness (QED) is 0.554. The fourth-order valence-corrected chi connectivity index (χ4v) is 2.88. The first-order chi connectivity index (χ1) is 8.74. The second kappa shape index (κ2) is 6.49. The first kappa shape index (κ1) is 16.1. The van der Waals surface area contributed by atoms with Crippen LogP contribution in [0.3, 0.4) is 0 Å². The van der Waals surface area contributed by atoms with Gasteiger partial charge in [-0.1, -0.05) is 0 Å². The summed E-state index contributed by atoms with van der Waals surface area (Å²) >= 11 is 0. The van der Waals surface area contributed by atoms with Crippen LogP contribution in [-0.4, -0.2) is 36.2 Å². The summed E-state index contributed by atoms with van der Waals surface area (Å²) < 4.78 is 24.2. The Labute approximate surface area is 115 Å². The lowest BCUT2D eigenvalue weighted by atomic mass is 10.0. The van der Waals surface area contributed by atoms with Gasteiger partial charge >= 0.3 is 0 Å². The maximum Gasteiger partial charge on any atom is 0.147 e. The van der Waals surface area contributed by atoms with Crippen molar-refractivity contribution in [1.82, 2.24) is 15.2 Å². The third-order valence-corrected chi connectivity index (χ3v) is 4.45. The second-order valence-electron chi connectivity index (χ2n) is 5.09. The molecule has 3 N–H and O–H groups in total. The van der Waals surface area contributed by atoms with Gasteiger partial charge in [0.25, 0.3) is 0 Å². The molecule has 6 nitrogen and oxygen atoms in total. The number of aromatic nitrogens is 2. The number of sulfone groups is 1. The van der Waals surface area contributed by atoms with Crippen molar-refractivity contribution in [3.63, 3.8) is 0 Å². The van der Waals surface area contributed by atoms with Crippen LogP contribution in [0.4, 0.5) is 0 Å². The SMILES string of the molecule is Cc1nn(C)c(C)c1CCC(CCS(C)(=O)=O)NN. The highest BCUT2D eigenvalue weighted by atomic mass is 32.2. The predicted octanol–water partition coefficient (Wildman–Crippen LogP) is 0.236. The third kappa shape index (κ3) is 4.93. The maximum absolute atomic E-state index is 11.2. The summed E-state index contributed by atoms with van der Waals surface area (Å²) in [6.45, 7) is 4.03. The van der Waals surface area contributed by atoms with Crippen LogP contribution in [0, 0.1) is 13.8 Å². The van der Waals surface area contributed by atoms with Crippen molar-refractivity contribution in [3.05, 3.63) is 17.0 Å². The Morgan fingerprint density at radius 2 is 2.00 bits per heavy atom. The molecule has 0 saturated carbocycles. The van der Waals surface area contributed by atoms with E-state index in [2.05, 4.69) is 10.5 Å². The van der Waals surface area contributed by atoms with E-state index in [1.54, 1.807) is 0 Å². The monoisotopic (exact) mass is 288 g/mol. The van der Waals surface area contributed by atoms with Gasteiger partial charge in [-0.15, -0.1) is 0 Å². The van der Waals surface area contributed by atoms with Crippen LogP contribution < -0.4 is 11.3 Å². The molecule has 0 saturated heterocycles. The Morgan fingerprint density at radius 3 is 2.42 bits per heavy atom. The van der Waals surface area contributed by atoms with Crippen LogP contribution in [0.25, 0.3) is 0 Å². The third-order valence-electron chi connectivity index (χ3n) is 3.47. The van der Waals surface area contributed by atoms with Gasteiger partial charge in [0.05, 0.1) is 11.4 Å². The van der Waals surface area contributed by atoms with Crippen LogP contribution in [0.2, 0.25) is 0 Å². The van der Waals surface area contributed by atoms with Crippen molar-refractivity contribution in [3.8, 4) is 0 Å². The van der Waals surface area contributed by atoms with Gasteiger partial charge in [-0.2, -0.15) is 5.10 Å². The summed E-state index contributed by atoms with van der Waals surface area (Å²) in [4.78, 5) is 0. The number of rotatable bonds is 7. The van der Waals surface area contributed by atoms with Crippen molar-refractivity contribution in [1.29, 1.82) is 0 Å². The zero-order valence-corrected chi connectivity index (χ0v) is 12.9. The van der Waals surface area contributed by atoms with Gasteiger partial charge in [0.15, 0.2) is 0 Å². The standard InChI is InChI=1S/C12H24N4O2S/c1-9-12(10(2)16(3)15-9)6-5-11(14-13)7-8-19(4,17)18/h11,14H,5-8,13H2,1-4H3. The predicted molar refractivity (Wildman–Crippen MR) is 76.4 cm³/mol. The van der Waals surface area contributed by atoms with Gasteiger partial charge in [-0.3, -0.25) is 16.0 Å². The van der Waals surface area contributed by atoms with Crippen molar-refractivity contribution in [2.75, 3.05) is 12.0 Å². The molecule has 0 radical (unpaired) electrons. The molecule has 1 rings (SSSR count). The smallest absolute Gasteiger partial charge is 0.147 e. The van der Waals surface area contributed by atoms with Gasteiger partial charge < -0.3 is 0 Å². The molecule has 0 aliphatic heterocycles. The highest BCUT2D eigenvalue weighted by Gasteiger charge is 2.14. The summed E-state index contributed by atoms with van der Waals surface area (Å²) in [5.74, 6) is 5.64. The van der Waals surface area contributed by atoms with E-state index in [0.717, 1.165) is 24.2 Å². The van der Waals surface area contributed by atoms with Gasteiger partial charge in [0, 0.05) is 25.0 Å². The van der Waals surface area contributed by atoms with Crippen molar-refractivity contribution < 1.29 is 8.42 Å². The first-order valence-corrected chi connectivity index (χ1v) is 8.43. The number of hydrogen-bond donors (Lipinski definition) is 2. The van der Waals surface area contributed by atoms with E-state index in [1.165, 1.54) is 11.8 Å². The fourth-order valence-electron chi connectivity index (χ4n) is 2.17. The molecular weight excluding hydrogens is 264 g/mol. The van der Waals surface area contributed by atoms with Gasteiger partial charge in [0.1, 0.15) is 9.84 Å². The highest BCUT2D eigenvalue weighted by molar-refractivity contribution is 7.90. The molecule has 0 aliphatic carbocycles. The lowest BCUT2D eigenvalue weighted by molar-refractivity contribution is 0.478. The zero-order chi connectivity index (χ0) is 14.6. The molecule has 19 heavy (non-hydrogen) atoms. The molecule has 0 aromatic carbocycles. The summed E-state index contributed by atoms with van der Waals surface area (Å²) in [6, 6.07) is 0.00808. The maximum atomic E-state index is 11.2. The zero-order valence-electron chi connectivity index (χ0n) is 12.1. The molecule has 1 aromatic heterocycles. The fraction of sp³-hybridized carbons (Fsp3) is 0.750. The number of nitrogens with one attached hydrogen (secondary N) is 1. The topological polar surface area (TPSA) is 90.0 Å². The molecule has 0 spiro atoms. The van der Waals surface area contributed by atoms with E-state index in [-0.39, 0.29) is 11.8 Å². The summed E-state index contributed by atoms with van der Waals surface area (Å²) in [5, 5.41) is 4.37. The van der Waals surface area contributed by atoms with Crippen molar-refractivity contribution in [2.24, 2.45) is 12.9 Å². The number of aryl methyl sites for hydroxylation is 2. The van der Waals surface area contributed by atoms with E-state index in [9.17, 15) is 8.42 Å². The molecule has 7 heteroatoms. The summed E-state index contributed by atoms with van der Waals surface area (Å²) in [6.07, 6.45) is 3.44. The minimum absolute atomic E-state index is 0.00808. The van der Waals surface area contributed by atoms with Gasteiger partial charge in [0.2, 0.25) is 0 Å². The molecule has 0 aliphatic rings. The molecule has 1 heterocycles. The first-order valence-electron chi connectivity index (χ1n) is 6.37. The van der Waals surface area contributed by atoms with E-state index in [4.69, 9.17) is 5.84 Å². The molecular formula is C12H24N4O2S. The van der Waals surface area contributed by atoms with E-state index in [0.29, 0.717) is 6.42 Å². The molecule has 0 fully saturated rings. The van der Waals surface area contributed by atoms with Crippen LogP contribution in [0.5, 0.6) is 0 Å². The molecule has 0 bridgehead atoms. The van der Waals surface area contributed by atoms with Crippen molar-refractivity contribution in [2.45, 2.75) is 39.2 Å². The minimum atomic E-state index is -2.94. The number of nitrogens with two attached hydrogens (primary N) is 1. The number of hydrazine groups is 1. The minimum Gasteiger partial charge on any atom is -0.272 e. The van der Waals surface area contributed by atoms with Crippen LogP contribution in [0.1, 0.15) is 29.8 Å². The molecule has 0 amide bonds. The molecule has 1 unspecified atom stereocenters. The largest absolute Gasteiger partial charge is 0.272 e. The number of nitrogens with zero attached hydrogens (tertiary/aromatic N) is 2. The highest BCUT2D eigenvalue weighted by Crippen LogP contribution is 2.15. The average molecular weight is 288 g/mol. The normalized spacial score (nSPS) is 13.7.